The van der Waals surface area contributed by atoms with E-state index in [-0.39, 0.29) is 28.9 Å². The van der Waals surface area contributed by atoms with Crippen molar-refractivity contribution in [2.75, 3.05) is 12.4 Å². The number of fused-ring (bicyclic) bond motifs is 1. The van der Waals surface area contributed by atoms with Gasteiger partial charge < -0.3 is 10.1 Å². The largest absolute Gasteiger partial charge is 0.495 e. The fourth-order valence-corrected chi connectivity index (χ4v) is 5.03. The number of aromatic nitrogens is 2. The number of para-hydroxylation sites is 1. The van der Waals surface area contributed by atoms with E-state index in [4.69, 9.17) is 9.72 Å². The molecule has 0 bridgehead atoms. The molecule has 1 fully saturated rings. The number of thioether (sulfide) groups is 1. The molecule has 1 atom stereocenters. The Morgan fingerprint density at radius 1 is 1.27 bits per heavy atom. The average Bonchev–Trinajstić information content (AvgIpc) is 3.33. The van der Waals surface area contributed by atoms with E-state index in [0.717, 1.165) is 25.7 Å². The molecule has 0 spiro atoms. The second-order valence-corrected chi connectivity index (χ2v) is 9.22. The van der Waals surface area contributed by atoms with Crippen LogP contribution in [0.15, 0.2) is 52.4 Å². The first-order chi connectivity index (χ1) is 15.9. The Morgan fingerprint density at radius 3 is 2.70 bits per heavy atom. The SMILES string of the molecule is COc1ccc([N+](=O)[O-])cc1NC(=O)C(C)Sc1nc2ccccc2c(=O)n1C1CCCC1. The van der Waals surface area contributed by atoms with Gasteiger partial charge in [0.05, 0.1) is 33.9 Å². The van der Waals surface area contributed by atoms with Gasteiger partial charge >= 0.3 is 0 Å². The maximum absolute atomic E-state index is 13.3. The topological polar surface area (TPSA) is 116 Å². The minimum Gasteiger partial charge on any atom is -0.495 e. The summed E-state index contributed by atoms with van der Waals surface area (Å²) in [5.74, 6) is -0.0583. The Labute approximate surface area is 194 Å². The van der Waals surface area contributed by atoms with Gasteiger partial charge in [-0.05, 0) is 38.0 Å². The number of nitrogens with one attached hydrogen (secondary N) is 1. The Hall–Kier alpha value is -3.40. The average molecular weight is 469 g/mol. The number of nitro groups is 1. The number of benzene rings is 2. The highest BCUT2D eigenvalue weighted by molar-refractivity contribution is 8.00. The zero-order chi connectivity index (χ0) is 23.5. The van der Waals surface area contributed by atoms with E-state index in [0.29, 0.717) is 21.8 Å². The minimum absolute atomic E-state index is 0.0595. The molecule has 1 aromatic heterocycles. The summed E-state index contributed by atoms with van der Waals surface area (Å²) in [5.41, 5.74) is 0.552. The molecule has 1 amide bonds. The lowest BCUT2D eigenvalue weighted by Crippen LogP contribution is -2.29. The number of carbonyl (C=O) groups is 1. The van der Waals surface area contributed by atoms with Gasteiger partial charge in [0.15, 0.2) is 5.16 Å². The van der Waals surface area contributed by atoms with Crippen LogP contribution in [0.4, 0.5) is 11.4 Å². The van der Waals surface area contributed by atoms with Gasteiger partial charge in [-0.3, -0.25) is 24.3 Å². The molecule has 33 heavy (non-hydrogen) atoms. The lowest BCUT2D eigenvalue weighted by Gasteiger charge is -2.20. The van der Waals surface area contributed by atoms with Crippen LogP contribution in [0.2, 0.25) is 0 Å². The number of nitrogens with zero attached hydrogens (tertiary/aromatic N) is 3. The van der Waals surface area contributed by atoms with Crippen molar-refractivity contribution in [3.8, 4) is 5.75 Å². The molecule has 10 heteroatoms. The fourth-order valence-electron chi connectivity index (χ4n) is 4.05. The molecule has 2 aromatic carbocycles. The van der Waals surface area contributed by atoms with Crippen molar-refractivity contribution in [3.05, 3.63) is 62.9 Å². The second-order valence-electron chi connectivity index (χ2n) is 7.92. The fraction of sp³-hybridized carbons (Fsp3) is 0.348. The summed E-state index contributed by atoms with van der Waals surface area (Å²) in [6.45, 7) is 1.71. The van der Waals surface area contributed by atoms with E-state index < -0.39 is 10.2 Å². The first kappa shape index (κ1) is 22.8. The number of ether oxygens (including phenoxy) is 1. The van der Waals surface area contributed by atoms with E-state index >= 15 is 0 Å². The number of anilines is 1. The van der Waals surface area contributed by atoms with Crippen molar-refractivity contribution < 1.29 is 14.5 Å². The van der Waals surface area contributed by atoms with Crippen LogP contribution in [0.1, 0.15) is 38.6 Å². The second kappa shape index (κ2) is 9.62. The number of non-ortho nitro benzene ring substituents is 1. The van der Waals surface area contributed by atoms with Gasteiger partial charge in [-0.15, -0.1) is 0 Å². The third-order valence-electron chi connectivity index (χ3n) is 5.77. The molecular weight excluding hydrogens is 444 g/mol. The van der Waals surface area contributed by atoms with E-state index in [1.54, 1.807) is 23.6 Å². The summed E-state index contributed by atoms with van der Waals surface area (Å²) < 4.78 is 6.96. The van der Waals surface area contributed by atoms with Gasteiger partial charge in [0, 0.05) is 18.2 Å². The molecular formula is C23H24N4O5S. The van der Waals surface area contributed by atoms with Gasteiger partial charge in [0.2, 0.25) is 5.91 Å². The zero-order valence-electron chi connectivity index (χ0n) is 18.3. The van der Waals surface area contributed by atoms with Gasteiger partial charge in [0.25, 0.3) is 11.2 Å². The predicted molar refractivity (Wildman–Crippen MR) is 127 cm³/mol. The monoisotopic (exact) mass is 468 g/mol. The molecule has 172 valence electrons. The Morgan fingerprint density at radius 2 is 2.00 bits per heavy atom. The molecule has 3 aromatic rings. The highest BCUT2D eigenvalue weighted by Crippen LogP contribution is 2.34. The van der Waals surface area contributed by atoms with E-state index in [1.165, 1.54) is 37.1 Å². The van der Waals surface area contributed by atoms with Crippen molar-refractivity contribution in [1.29, 1.82) is 0 Å². The predicted octanol–water partition coefficient (Wildman–Crippen LogP) is 4.55. The van der Waals surface area contributed by atoms with Crippen LogP contribution >= 0.6 is 11.8 Å². The Balaban J connectivity index is 1.64. The molecule has 0 saturated heterocycles. The van der Waals surface area contributed by atoms with Gasteiger partial charge in [0.1, 0.15) is 5.75 Å². The first-order valence-electron chi connectivity index (χ1n) is 10.7. The number of methoxy groups -OCH3 is 1. The van der Waals surface area contributed by atoms with Crippen LogP contribution in [-0.4, -0.2) is 32.7 Å². The van der Waals surface area contributed by atoms with Crippen molar-refractivity contribution >= 4 is 39.9 Å². The number of amides is 1. The maximum Gasteiger partial charge on any atom is 0.271 e. The van der Waals surface area contributed by atoms with Crippen molar-refractivity contribution in [2.24, 2.45) is 0 Å². The lowest BCUT2D eigenvalue weighted by molar-refractivity contribution is -0.384. The van der Waals surface area contributed by atoms with E-state index in [9.17, 15) is 19.7 Å². The van der Waals surface area contributed by atoms with Crippen LogP contribution in [0.3, 0.4) is 0 Å². The zero-order valence-corrected chi connectivity index (χ0v) is 19.1. The van der Waals surface area contributed by atoms with Gasteiger partial charge in [-0.2, -0.15) is 0 Å². The molecule has 1 aliphatic carbocycles. The molecule has 4 rings (SSSR count). The summed E-state index contributed by atoms with van der Waals surface area (Å²) in [6, 6.07) is 11.3. The van der Waals surface area contributed by atoms with Crippen molar-refractivity contribution in [2.45, 2.75) is 49.1 Å². The molecule has 0 aliphatic heterocycles. The lowest BCUT2D eigenvalue weighted by atomic mass is 10.2. The summed E-state index contributed by atoms with van der Waals surface area (Å²) in [5, 5.41) is 14.3. The third kappa shape index (κ3) is 4.70. The quantitative estimate of drug-likeness (QED) is 0.234. The number of hydrogen-bond acceptors (Lipinski definition) is 7. The first-order valence-corrected chi connectivity index (χ1v) is 11.6. The highest BCUT2D eigenvalue weighted by atomic mass is 32.2. The number of carbonyl (C=O) groups excluding carboxylic acids is 1. The number of hydrogen-bond donors (Lipinski definition) is 1. The summed E-state index contributed by atoms with van der Waals surface area (Å²) >= 11 is 1.20. The molecule has 1 aliphatic rings. The smallest absolute Gasteiger partial charge is 0.271 e. The molecule has 1 N–H and O–H groups in total. The van der Waals surface area contributed by atoms with Crippen LogP contribution in [0.25, 0.3) is 10.9 Å². The maximum atomic E-state index is 13.3. The number of nitro benzene ring substituents is 1. The molecule has 9 nitrogen and oxygen atoms in total. The Kier molecular flexibility index (Phi) is 6.64. The highest BCUT2D eigenvalue weighted by Gasteiger charge is 2.26. The molecule has 0 radical (unpaired) electrons. The van der Waals surface area contributed by atoms with Crippen LogP contribution in [0.5, 0.6) is 5.75 Å². The van der Waals surface area contributed by atoms with Gasteiger partial charge in [-0.25, -0.2) is 4.98 Å². The van der Waals surface area contributed by atoms with Crippen LogP contribution in [0, 0.1) is 10.1 Å². The Bertz CT molecular complexity index is 1270. The normalized spacial score (nSPS) is 14.8. The molecule has 1 saturated carbocycles. The van der Waals surface area contributed by atoms with Crippen LogP contribution < -0.4 is 15.6 Å². The summed E-state index contributed by atoms with van der Waals surface area (Å²) in [7, 11) is 1.42. The molecule has 1 unspecified atom stereocenters. The van der Waals surface area contributed by atoms with Gasteiger partial charge in [-0.1, -0.05) is 36.7 Å². The summed E-state index contributed by atoms with van der Waals surface area (Å²) in [6.07, 6.45) is 3.91. The van der Waals surface area contributed by atoms with E-state index in [1.807, 2.05) is 12.1 Å². The van der Waals surface area contributed by atoms with Crippen molar-refractivity contribution in [3.63, 3.8) is 0 Å². The standard InChI is InChI=1S/C23H24N4O5S/c1-14(21(28)24-19-13-16(27(30)31)11-12-20(19)32-2)33-23-25-18-10-6-5-9-17(18)22(29)26(23)15-7-3-4-8-15/h5-6,9-15H,3-4,7-8H2,1-2H3,(H,24,28). The minimum atomic E-state index is -0.616. The molecule has 1 heterocycles. The third-order valence-corrected chi connectivity index (χ3v) is 6.83. The summed E-state index contributed by atoms with van der Waals surface area (Å²) in [4.78, 5) is 41.6. The van der Waals surface area contributed by atoms with Crippen LogP contribution in [-0.2, 0) is 4.79 Å². The van der Waals surface area contributed by atoms with E-state index in [2.05, 4.69) is 5.32 Å². The van der Waals surface area contributed by atoms with Crippen molar-refractivity contribution in [1.82, 2.24) is 9.55 Å². The number of rotatable bonds is 7.